The Balaban J connectivity index is 2.54. The van der Waals surface area contributed by atoms with Gasteiger partial charge in [0.15, 0.2) is 0 Å². The number of nitrogens with zero attached hydrogens (tertiary/aromatic N) is 1. The highest BCUT2D eigenvalue weighted by atomic mass is 32.2. The zero-order valence-electron chi connectivity index (χ0n) is 13.6. The molecule has 0 aliphatic heterocycles. The standard InChI is InChI=1S/C15H32N2O2S/c1-5-11-16-12-13(3)20(18,19)17(4)15-9-7-14(6-2)8-10-15/h13-16H,5-12H2,1-4H3. The molecule has 0 radical (unpaired) electrons. The highest BCUT2D eigenvalue weighted by Gasteiger charge is 2.33. The van der Waals surface area contributed by atoms with Gasteiger partial charge in [-0.15, -0.1) is 0 Å². The SMILES string of the molecule is CCCNCC(C)S(=O)(=O)N(C)C1CCC(CC)CC1. The topological polar surface area (TPSA) is 49.4 Å². The van der Waals surface area contributed by atoms with E-state index >= 15 is 0 Å². The molecule has 1 unspecified atom stereocenters. The van der Waals surface area contributed by atoms with Crippen LogP contribution in [0.25, 0.3) is 0 Å². The number of sulfonamides is 1. The van der Waals surface area contributed by atoms with Crippen LogP contribution < -0.4 is 5.32 Å². The lowest BCUT2D eigenvalue weighted by Gasteiger charge is -2.35. The second kappa shape index (κ2) is 8.35. The third kappa shape index (κ3) is 4.71. The monoisotopic (exact) mass is 304 g/mol. The molecule has 0 amide bonds. The molecule has 0 aromatic carbocycles. The Hall–Kier alpha value is -0.130. The van der Waals surface area contributed by atoms with Crippen LogP contribution >= 0.6 is 0 Å². The van der Waals surface area contributed by atoms with Crippen LogP contribution in [0, 0.1) is 5.92 Å². The Morgan fingerprint density at radius 2 is 1.80 bits per heavy atom. The van der Waals surface area contributed by atoms with Crippen molar-refractivity contribution in [1.29, 1.82) is 0 Å². The minimum atomic E-state index is -3.17. The van der Waals surface area contributed by atoms with E-state index in [4.69, 9.17) is 0 Å². The van der Waals surface area contributed by atoms with Gasteiger partial charge in [0, 0.05) is 19.6 Å². The first-order chi connectivity index (χ1) is 9.43. The summed E-state index contributed by atoms with van der Waals surface area (Å²) in [6.45, 7) is 7.56. The summed E-state index contributed by atoms with van der Waals surface area (Å²) in [6.07, 6.45) is 6.63. The molecule has 5 heteroatoms. The zero-order chi connectivity index (χ0) is 15.2. The Bertz CT molecular complexity index is 362. The molecule has 4 nitrogen and oxygen atoms in total. The molecular formula is C15H32N2O2S. The molecule has 0 bridgehead atoms. The largest absolute Gasteiger partial charge is 0.315 e. The molecule has 1 N–H and O–H groups in total. The Morgan fingerprint density at radius 1 is 1.20 bits per heavy atom. The van der Waals surface area contributed by atoms with Gasteiger partial charge < -0.3 is 5.32 Å². The van der Waals surface area contributed by atoms with Crippen molar-refractivity contribution in [3.8, 4) is 0 Å². The predicted octanol–water partition coefficient (Wildman–Crippen LogP) is 2.60. The summed E-state index contributed by atoms with van der Waals surface area (Å²) in [4.78, 5) is 0. The van der Waals surface area contributed by atoms with Gasteiger partial charge in [0.05, 0.1) is 5.25 Å². The molecule has 0 aromatic heterocycles. The predicted molar refractivity (Wildman–Crippen MR) is 85.3 cm³/mol. The fourth-order valence-electron chi connectivity index (χ4n) is 3.00. The number of nitrogens with one attached hydrogen (secondary N) is 1. The summed E-state index contributed by atoms with van der Waals surface area (Å²) in [7, 11) is -1.41. The van der Waals surface area contributed by atoms with E-state index in [1.54, 1.807) is 11.4 Å². The van der Waals surface area contributed by atoms with Gasteiger partial charge >= 0.3 is 0 Å². The van der Waals surface area contributed by atoms with Gasteiger partial charge in [0.25, 0.3) is 0 Å². The number of hydrogen-bond donors (Lipinski definition) is 1. The fraction of sp³-hybridized carbons (Fsp3) is 1.00. The first-order valence-corrected chi connectivity index (χ1v) is 9.61. The molecule has 20 heavy (non-hydrogen) atoms. The lowest BCUT2D eigenvalue weighted by Crippen LogP contribution is -2.46. The number of hydrogen-bond acceptors (Lipinski definition) is 3. The van der Waals surface area contributed by atoms with Crippen molar-refractivity contribution in [2.75, 3.05) is 20.1 Å². The van der Waals surface area contributed by atoms with Crippen molar-refractivity contribution in [2.24, 2.45) is 5.92 Å². The van der Waals surface area contributed by atoms with Gasteiger partial charge in [0.1, 0.15) is 0 Å². The average molecular weight is 305 g/mol. The molecule has 1 rings (SSSR count). The Kier molecular flexibility index (Phi) is 7.48. The van der Waals surface area contributed by atoms with E-state index in [9.17, 15) is 8.42 Å². The van der Waals surface area contributed by atoms with Crippen molar-refractivity contribution in [1.82, 2.24) is 9.62 Å². The molecule has 0 saturated heterocycles. The second-order valence-corrected chi connectivity index (χ2v) is 8.57. The van der Waals surface area contributed by atoms with Crippen molar-refractivity contribution in [3.63, 3.8) is 0 Å². The molecular weight excluding hydrogens is 272 g/mol. The third-order valence-electron chi connectivity index (χ3n) is 4.68. The maximum atomic E-state index is 12.6. The van der Waals surface area contributed by atoms with Crippen LogP contribution in [0.1, 0.15) is 59.3 Å². The van der Waals surface area contributed by atoms with Crippen LogP contribution in [-0.2, 0) is 10.0 Å². The van der Waals surface area contributed by atoms with Crippen LogP contribution in [0.4, 0.5) is 0 Å². The van der Waals surface area contributed by atoms with Gasteiger partial charge in [-0.2, -0.15) is 0 Å². The maximum absolute atomic E-state index is 12.6. The van der Waals surface area contributed by atoms with Crippen molar-refractivity contribution < 1.29 is 8.42 Å². The molecule has 1 aliphatic carbocycles. The van der Waals surface area contributed by atoms with Crippen molar-refractivity contribution in [3.05, 3.63) is 0 Å². The van der Waals surface area contributed by atoms with Gasteiger partial charge in [-0.1, -0.05) is 20.3 Å². The third-order valence-corrected chi connectivity index (χ3v) is 6.96. The van der Waals surface area contributed by atoms with Gasteiger partial charge in [-0.05, 0) is 51.5 Å². The lowest BCUT2D eigenvalue weighted by atomic mass is 9.85. The van der Waals surface area contributed by atoms with Crippen LogP contribution in [-0.4, -0.2) is 44.2 Å². The van der Waals surface area contributed by atoms with Crippen molar-refractivity contribution >= 4 is 10.0 Å². The van der Waals surface area contributed by atoms with Gasteiger partial charge in [0.2, 0.25) is 10.0 Å². The average Bonchev–Trinajstić information content (AvgIpc) is 2.46. The summed E-state index contributed by atoms with van der Waals surface area (Å²) in [5.41, 5.74) is 0. The highest BCUT2D eigenvalue weighted by Crippen LogP contribution is 2.30. The molecule has 0 spiro atoms. The minimum Gasteiger partial charge on any atom is -0.315 e. The van der Waals surface area contributed by atoms with E-state index in [0.717, 1.165) is 31.7 Å². The summed E-state index contributed by atoms with van der Waals surface area (Å²) in [5.74, 6) is 0.797. The summed E-state index contributed by atoms with van der Waals surface area (Å²) >= 11 is 0. The first-order valence-electron chi connectivity index (χ1n) is 8.11. The second-order valence-electron chi connectivity index (χ2n) is 6.16. The Labute approximate surface area is 125 Å². The van der Waals surface area contributed by atoms with Crippen molar-refractivity contribution in [2.45, 2.75) is 70.6 Å². The highest BCUT2D eigenvalue weighted by molar-refractivity contribution is 7.89. The molecule has 1 atom stereocenters. The lowest BCUT2D eigenvalue weighted by molar-refractivity contribution is 0.231. The van der Waals surface area contributed by atoms with E-state index < -0.39 is 10.0 Å². The van der Waals surface area contributed by atoms with Crippen LogP contribution in [0.3, 0.4) is 0 Å². The maximum Gasteiger partial charge on any atom is 0.217 e. The zero-order valence-corrected chi connectivity index (χ0v) is 14.4. The fourth-order valence-corrected chi connectivity index (χ4v) is 4.52. The van der Waals surface area contributed by atoms with Crippen LogP contribution in [0.15, 0.2) is 0 Å². The summed E-state index contributed by atoms with van der Waals surface area (Å²) in [6, 6.07) is 0.205. The van der Waals surface area contributed by atoms with E-state index in [0.29, 0.717) is 6.54 Å². The molecule has 1 aliphatic rings. The molecule has 120 valence electrons. The molecule has 0 aromatic rings. The first kappa shape index (κ1) is 17.9. The van der Waals surface area contributed by atoms with Gasteiger partial charge in [-0.25, -0.2) is 12.7 Å². The molecule has 1 saturated carbocycles. The minimum absolute atomic E-state index is 0.205. The normalized spacial score (nSPS) is 25.9. The Morgan fingerprint density at radius 3 is 2.30 bits per heavy atom. The summed E-state index contributed by atoms with van der Waals surface area (Å²) < 4.78 is 26.8. The molecule has 1 fully saturated rings. The van der Waals surface area contributed by atoms with E-state index in [-0.39, 0.29) is 11.3 Å². The van der Waals surface area contributed by atoms with Crippen LogP contribution in [0.2, 0.25) is 0 Å². The van der Waals surface area contributed by atoms with E-state index in [1.807, 2.05) is 6.92 Å². The quantitative estimate of drug-likeness (QED) is 0.701. The van der Waals surface area contributed by atoms with E-state index in [2.05, 4.69) is 19.2 Å². The molecule has 0 heterocycles. The van der Waals surface area contributed by atoms with Gasteiger partial charge in [-0.3, -0.25) is 0 Å². The number of rotatable bonds is 8. The summed E-state index contributed by atoms with van der Waals surface area (Å²) in [5, 5.41) is 2.86. The smallest absolute Gasteiger partial charge is 0.217 e. The van der Waals surface area contributed by atoms with Crippen LogP contribution in [0.5, 0.6) is 0 Å². The van der Waals surface area contributed by atoms with E-state index in [1.165, 1.54) is 19.3 Å².